The summed E-state index contributed by atoms with van der Waals surface area (Å²) in [5.74, 6) is 0.935. The van der Waals surface area contributed by atoms with Gasteiger partial charge in [-0.05, 0) is 31.5 Å². The highest BCUT2D eigenvalue weighted by Crippen LogP contribution is 2.28. The van der Waals surface area contributed by atoms with E-state index in [1.54, 1.807) is 7.11 Å². The number of benzene rings is 1. The van der Waals surface area contributed by atoms with Crippen molar-refractivity contribution < 1.29 is 4.74 Å². The fraction of sp³-hybridized carbons (Fsp3) is 0.273. The van der Waals surface area contributed by atoms with Gasteiger partial charge in [0.2, 0.25) is 0 Å². The molecule has 0 atom stereocenters. The molecular formula is C11H13NO. The molecule has 68 valence electrons. The smallest absolute Gasteiger partial charge is 0.128 e. The maximum Gasteiger partial charge on any atom is 0.128 e. The van der Waals surface area contributed by atoms with Crippen LogP contribution in [0.3, 0.4) is 0 Å². The number of fused-ring (bicyclic) bond motifs is 1. The Bertz CT molecular complexity index is 443. The second-order valence-electron chi connectivity index (χ2n) is 3.33. The monoisotopic (exact) mass is 175 g/mol. The quantitative estimate of drug-likeness (QED) is 0.708. The Balaban J connectivity index is 2.83. The van der Waals surface area contributed by atoms with Crippen molar-refractivity contribution in [2.24, 2.45) is 0 Å². The highest BCUT2D eigenvalue weighted by atomic mass is 16.5. The van der Waals surface area contributed by atoms with Gasteiger partial charge < -0.3 is 9.72 Å². The van der Waals surface area contributed by atoms with Crippen LogP contribution < -0.4 is 4.74 Å². The van der Waals surface area contributed by atoms with Crippen LogP contribution in [0.4, 0.5) is 0 Å². The second kappa shape index (κ2) is 2.80. The van der Waals surface area contributed by atoms with Crippen molar-refractivity contribution in [2.45, 2.75) is 13.8 Å². The first-order valence-corrected chi connectivity index (χ1v) is 4.35. The zero-order valence-electron chi connectivity index (χ0n) is 8.14. The number of aryl methyl sites for hydroxylation is 2. The number of ether oxygens (including phenoxy) is 1. The summed E-state index contributed by atoms with van der Waals surface area (Å²) < 4.78 is 5.28. The summed E-state index contributed by atoms with van der Waals surface area (Å²) in [5.41, 5.74) is 3.60. The van der Waals surface area contributed by atoms with Gasteiger partial charge in [-0.2, -0.15) is 0 Å². The van der Waals surface area contributed by atoms with Gasteiger partial charge in [0.25, 0.3) is 0 Å². The highest BCUT2D eigenvalue weighted by Gasteiger charge is 2.05. The predicted octanol–water partition coefficient (Wildman–Crippen LogP) is 2.79. The first-order chi connectivity index (χ1) is 6.22. The molecule has 0 amide bonds. The van der Waals surface area contributed by atoms with Gasteiger partial charge >= 0.3 is 0 Å². The summed E-state index contributed by atoms with van der Waals surface area (Å²) in [7, 11) is 1.70. The first-order valence-electron chi connectivity index (χ1n) is 4.35. The van der Waals surface area contributed by atoms with Crippen LogP contribution in [0.1, 0.15) is 11.3 Å². The lowest BCUT2D eigenvalue weighted by molar-refractivity contribution is 0.420. The van der Waals surface area contributed by atoms with Crippen LogP contribution in [0.2, 0.25) is 0 Å². The zero-order valence-corrected chi connectivity index (χ0v) is 8.14. The van der Waals surface area contributed by atoms with Crippen molar-refractivity contribution in [3.05, 3.63) is 29.5 Å². The van der Waals surface area contributed by atoms with E-state index < -0.39 is 0 Å². The Morgan fingerprint density at radius 3 is 2.69 bits per heavy atom. The lowest BCUT2D eigenvalue weighted by atomic mass is 10.1. The molecule has 2 heteroatoms. The number of nitrogens with one attached hydrogen (secondary N) is 1. The predicted molar refractivity (Wildman–Crippen MR) is 54.3 cm³/mol. The molecule has 1 N–H and O–H groups in total. The average Bonchev–Trinajstić information content (AvgIpc) is 2.48. The molecule has 0 unspecified atom stereocenters. The first kappa shape index (κ1) is 8.17. The summed E-state index contributed by atoms with van der Waals surface area (Å²) in [4.78, 5) is 3.32. The number of rotatable bonds is 1. The fourth-order valence-corrected chi connectivity index (χ4v) is 1.65. The molecule has 0 aliphatic rings. The van der Waals surface area contributed by atoms with Crippen molar-refractivity contribution in [2.75, 3.05) is 7.11 Å². The molecule has 0 bridgehead atoms. The van der Waals surface area contributed by atoms with E-state index in [-0.39, 0.29) is 0 Å². The summed E-state index contributed by atoms with van der Waals surface area (Å²) in [6.07, 6.45) is 0. The summed E-state index contributed by atoms with van der Waals surface area (Å²) in [6.45, 7) is 4.15. The van der Waals surface area contributed by atoms with Crippen LogP contribution in [0, 0.1) is 13.8 Å². The third-order valence-electron chi connectivity index (χ3n) is 2.32. The van der Waals surface area contributed by atoms with Crippen LogP contribution in [0.25, 0.3) is 10.9 Å². The summed E-state index contributed by atoms with van der Waals surface area (Å²) >= 11 is 0. The molecule has 1 aromatic carbocycles. The Kier molecular flexibility index (Phi) is 1.76. The molecule has 2 aromatic rings. The second-order valence-corrected chi connectivity index (χ2v) is 3.33. The van der Waals surface area contributed by atoms with Gasteiger partial charge in [-0.15, -0.1) is 0 Å². The van der Waals surface area contributed by atoms with E-state index in [0.29, 0.717) is 0 Å². The Hall–Kier alpha value is -1.44. The van der Waals surface area contributed by atoms with E-state index in [1.165, 1.54) is 22.2 Å². The molecule has 0 saturated carbocycles. The minimum Gasteiger partial charge on any atom is -0.496 e. The van der Waals surface area contributed by atoms with Crippen molar-refractivity contribution in [1.29, 1.82) is 0 Å². The number of hydrogen-bond donors (Lipinski definition) is 1. The van der Waals surface area contributed by atoms with Gasteiger partial charge in [-0.3, -0.25) is 0 Å². The zero-order chi connectivity index (χ0) is 9.42. The maximum atomic E-state index is 5.28. The van der Waals surface area contributed by atoms with Gasteiger partial charge in [0.15, 0.2) is 0 Å². The standard InChI is InChI=1S/C11H13NO/c1-7-4-5-10(13-3)9-6-8(2)12-11(7)9/h4-6,12H,1-3H3. The van der Waals surface area contributed by atoms with E-state index in [1.807, 2.05) is 6.07 Å². The van der Waals surface area contributed by atoms with Gasteiger partial charge in [0.1, 0.15) is 5.75 Å². The van der Waals surface area contributed by atoms with Gasteiger partial charge in [-0.25, -0.2) is 0 Å². The largest absolute Gasteiger partial charge is 0.496 e. The molecule has 0 spiro atoms. The number of hydrogen-bond acceptors (Lipinski definition) is 1. The lowest BCUT2D eigenvalue weighted by Gasteiger charge is -2.02. The molecule has 0 radical (unpaired) electrons. The maximum absolute atomic E-state index is 5.28. The highest BCUT2D eigenvalue weighted by molar-refractivity contribution is 5.89. The normalized spacial score (nSPS) is 10.7. The molecule has 0 aliphatic carbocycles. The van der Waals surface area contributed by atoms with Crippen LogP contribution in [-0.4, -0.2) is 12.1 Å². The van der Waals surface area contributed by atoms with Crippen molar-refractivity contribution in [1.82, 2.24) is 4.98 Å². The number of aromatic amines is 1. The third-order valence-corrected chi connectivity index (χ3v) is 2.32. The average molecular weight is 175 g/mol. The van der Waals surface area contributed by atoms with Gasteiger partial charge in [0.05, 0.1) is 12.6 Å². The van der Waals surface area contributed by atoms with Crippen molar-refractivity contribution in [3.8, 4) is 5.75 Å². The molecule has 2 rings (SSSR count). The lowest BCUT2D eigenvalue weighted by Crippen LogP contribution is -1.84. The van der Waals surface area contributed by atoms with Crippen LogP contribution in [-0.2, 0) is 0 Å². The van der Waals surface area contributed by atoms with Gasteiger partial charge in [0, 0.05) is 11.1 Å². The molecular weight excluding hydrogens is 162 g/mol. The van der Waals surface area contributed by atoms with Crippen LogP contribution in [0.5, 0.6) is 5.75 Å². The molecule has 13 heavy (non-hydrogen) atoms. The molecule has 0 fully saturated rings. The number of methoxy groups -OCH3 is 1. The molecule has 2 nitrogen and oxygen atoms in total. The molecule has 1 aromatic heterocycles. The van der Waals surface area contributed by atoms with E-state index in [2.05, 4.69) is 31.0 Å². The van der Waals surface area contributed by atoms with Crippen molar-refractivity contribution >= 4 is 10.9 Å². The summed E-state index contributed by atoms with van der Waals surface area (Å²) in [6, 6.07) is 6.18. The van der Waals surface area contributed by atoms with E-state index in [4.69, 9.17) is 4.74 Å². The molecule has 1 heterocycles. The fourth-order valence-electron chi connectivity index (χ4n) is 1.65. The van der Waals surface area contributed by atoms with E-state index >= 15 is 0 Å². The van der Waals surface area contributed by atoms with Crippen molar-refractivity contribution in [3.63, 3.8) is 0 Å². The summed E-state index contributed by atoms with van der Waals surface area (Å²) in [5, 5.41) is 1.17. The Morgan fingerprint density at radius 1 is 1.23 bits per heavy atom. The molecule has 0 aliphatic heterocycles. The third kappa shape index (κ3) is 1.18. The number of H-pyrrole nitrogens is 1. The molecule has 0 saturated heterocycles. The van der Waals surface area contributed by atoms with Gasteiger partial charge in [-0.1, -0.05) is 6.07 Å². The van der Waals surface area contributed by atoms with Crippen LogP contribution >= 0.6 is 0 Å². The minimum absolute atomic E-state index is 0.935. The minimum atomic E-state index is 0.935. The SMILES string of the molecule is COc1ccc(C)c2[nH]c(C)cc12. The number of aromatic nitrogens is 1. The van der Waals surface area contributed by atoms with E-state index in [9.17, 15) is 0 Å². The Labute approximate surface area is 77.5 Å². The van der Waals surface area contributed by atoms with E-state index in [0.717, 1.165) is 5.75 Å². The topological polar surface area (TPSA) is 25.0 Å². The van der Waals surface area contributed by atoms with Crippen LogP contribution in [0.15, 0.2) is 18.2 Å². The Morgan fingerprint density at radius 2 is 2.00 bits per heavy atom.